The molecular weight excluding hydrogens is 341 g/mol. The Balaban J connectivity index is 1.84. The minimum absolute atomic E-state index is 0.237. The maximum Gasteiger partial charge on any atom is 0.154 e. The van der Waals surface area contributed by atoms with Crippen LogP contribution < -0.4 is 11.0 Å². The Labute approximate surface area is 165 Å². The Hall–Kier alpha value is -3.66. The fourth-order valence-corrected chi connectivity index (χ4v) is 3.10. The van der Waals surface area contributed by atoms with E-state index in [2.05, 4.69) is 40.3 Å². The topological polar surface area (TPSA) is 52.0 Å². The Kier molecular flexibility index (Phi) is 5.02. The lowest BCUT2D eigenvalue weighted by Crippen LogP contribution is -2.15. The normalized spacial score (nSPS) is 11.4. The van der Waals surface area contributed by atoms with Gasteiger partial charge < -0.3 is 4.98 Å². The van der Waals surface area contributed by atoms with E-state index in [-0.39, 0.29) is 5.84 Å². The van der Waals surface area contributed by atoms with Crippen LogP contribution in [-0.4, -0.2) is 18.7 Å². The number of rotatable bonds is 3. The van der Waals surface area contributed by atoms with E-state index in [9.17, 15) is 0 Å². The second-order valence-electron chi connectivity index (χ2n) is 6.71. The Morgan fingerprint density at radius 3 is 2.00 bits per heavy atom. The average molecular weight is 361 g/mol. The van der Waals surface area contributed by atoms with Crippen molar-refractivity contribution in [1.29, 1.82) is 5.41 Å². The van der Waals surface area contributed by atoms with Gasteiger partial charge in [0.1, 0.15) is 13.3 Å². The maximum atomic E-state index is 8.43. The molecule has 3 aromatic carbocycles. The van der Waals surface area contributed by atoms with Crippen molar-refractivity contribution in [1.82, 2.24) is 4.98 Å². The summed E-state index contributed by atoms with van der Waals surface area (Å²) in [6.45, 7) is 0. The number of H-pyrrole nitrogens is 1. The molecule has 0 atom stereocenters. The third-order valence-electron chi connectivity index (χ3n) is 4.66. The van der Waals surface area contributed by atoms with Crippen LogP contribution in [0.3, 0.4) is 0 Å². The molecule has 0 bridgehead atoms. The van der Waals surface area contributed by atoms with E-state index >= 15 is 0 Å². The second kappa shape index (κ2) is 7.93. The van der Waals surface area contributed by atoms with Gasteiger partial charge in [-0.2, -0.15) is 0 Å². The highest BCUT2D eigenvalue weighted by Gasteiger charge is 2.07. The minimum Gasteiger partial charge on any atom is -0.345 e. The van der Waals surface area contributed by atoms with Crippen molar-refractivity contribution < 1.29 is 0 Å². The summed E-state index contributed by atoms with van der Waals surface area (Å²) in [7, 11) is 2.04. The summed E-state index contributed by atoms with van der Waals surface area (Å²) in [6, 6.07) is 30.4. The van der Waals surface area contributed by atoms with Crippen molar-refractivity contribution in [3.05, 3.63) is 108 Å². The largest absolute Gasteiger partial charge is 0.345 e. The van der Waals surface area contributed by atoms with Crippen LogP contribution >= 0.6 is 0 Å². The van der Waals surface area contributed by atoms with Gasteiger partial charge in [-0.1, -0.05) is 90.4 Å². The average Bonchev–Trinajstić information content (AvgIpc) is 2.75. The van der Waals surface area contributed by atoms with E-state index in [0.29, 0.717) is 5.49 Å². The van der Waals surface area contributed by atoms with Crippen molar-refractivity contribution >= 4 is 19.1 Å². The molecule has 2 N–H and O–H groups in total. The van der Waals surface area contributed by atoms with Crippen LogP contribution in [0, 0.1) is 5.41 Å². The summed E-state index contributed by atoms with van der Waals surface area (Å²) in [5.41, 5.74) is 6.89. The highest BCUT2D eigenvalue weighted by atomic mass is 14.9. The molecule has 3 nitrogen and oxygen atoms in total. The van der Waals surface area contributed by atoms with Crippen LogP contribution in [0.15, 0.2) is 102 Å². The van der Waals surface area contributed by atoms with E-state index in [4.69, 9.17) is 5.41 Å². The SMILES string of the molecule is Bc1ccc(C(=N)/N=c2\[nH]cc(-c3ccccc3)cc2-c2ccccc2)cc1. The van der Waals surface area contributed by atoms with Gasteiger partial charge in [-0.05, 0) is 22.8 Å². The molecule has 0 spiro atoms. The van der Waals surface area contributed by atoms with Crippen LogP contribution in [0.2, 0.25) is 0 Å². The van der Waals surface area contributed by atoms with Gasteiger partial charge in [0.25, 0.3) is 0 Å². The van der Waals surface area contributed by atoms with Crippen molar-refractivity contribution in [3.63, 3.8) is 0 Å². The molecule has 1 aromatic heterocycles. The number of nitrogens with one attached hydrogen (secondary N) is 2. The van der Waals surface area contributed by atoms with Gasteiger partial charge in [-0.3, -0.25) is 5.41 Å². The summed E-state index contributed by atoms with van der Waals surface area (Å²) in [5.74, 6) is 0.237. The Bertz CT molecular complexity index is 1160. The lowest BCUT2D eigenvalue weighted by atomic mass is 9.95. The number of amidine groups is 1. The molecule has 0 amide bonds. The molecule has 0 fully saturated rings. The second-order valence-corrected chi connectivity index (χ2v) is 6.71. The molecule has 0 radical (unpaired) electrons. The number of aromatic amines is 1. The molecule has 0 aliphatic carbocycles. The summed E-state index contributed by atoms with van der Waals surface area (Å²) < 4.78 is 0. The van der Waals surface area contributed by atoms with E-state index in [1.54, 1.807) is 0 Å². The van der Waals surface area contributed by atoms with Crippen LogP contribution in [0.25, 0.3) is 22.3 Å². The zero-order valence-corrected chi connectivity index (χ0v) is 15.7. The number of nitrogens with zero attached hydrogens (tertiary/aromatic N) is 1. The van der Waals surface area contributed by atoms with Gasteiger partial charge >= 0.3 is 0 Å². The molecule has 28 heavy (non-hydrogen) atoms. The smallest absolute Gasteiger partial charge is 0.154 e. The van der Waals surface area contributed by atoms with E-state index in [0.717, 1.165) is 27.8 Å². The van der Waals surface area contributed by atoms with Crippen molar-refractivity contribution in [2.24, 2.45) is 4.99 Å². The molecule has 134 valence electrons. The third-order valence-corrected chi connectivity index (χ3v) is 4.66. The molecule has 0 saturated carbocycles. The van der Waals surface area contributed by atoms with Crippen LogP contribution in [0.1, 0.15) is 5.56 Å². The van der Waals surface area contributed by atoms with Gasteiger partial charge in [0, 0.05) is 17.3 Å². The first kappa shape index (κ1) is 17.7. The molecule has 4 heteroatoms. The highest BCUT2D eigenvalue weighted by Crippen LogP contribution is 2.22. The zero-order chi connectivity index (χ0) is 19.3. The molecule has 0 aliphatic rings. The van der Waals surface area contributed by atoms with Crippen molar-refractivity contribution in [2.45, 2.75) is 0 Å². The molecule has 0 unspecified atom stereocenters. The fraction of sp³-hybridized carbons (Fsp3) is 0. The number of hydrogen-bond acceptors (Lipinski definition) is 1. The van der Waals surface area contributed by atoms with Gasteiger partial charge in [0.05, 0.1) is 0 Å². The lowest BCUT2D eigenvalue weighted by molar-refractivity contribution is 1.16. The molecule has 0 saturated heterocycles. The van der Waals surface area contributed by atoms with E-state index in [1.807, 2.05) is 74.7 Å². The third kappa shape index (κ3) is 3.86. The van der Waals surface area contributed by atoms with Crippen LogP contribution in [0.5, 0.6) is 0 Å². The molecule has 4 rings (SSSR count). The lowest BCUT2D eigenvalue weighted by Gasteiger charge is -2.08. The predicted molar refractivity (Wildman–Crippen MR) is 119 cm³/mol. The van der Waals surface area contributed by atoms with Crippen molar-refractivity contribution in [2.75, 3.05) is 0 Å². The number of pyridine rings is 1. The monoisotopic (exact) mass is 361 g/mol. The first-order valence-corrected chi connectivity index (χ1v) is 9.24. The van der Waals surface area contributed by atoms with Gasteiger partial charge in [0.2, 0.25) is 0 Å². The fourth-order valence-electron chi connectivity index (χ4n) is 3.10. The quantitative estimate of drug-likeness (QED) is 0.319. The minimum atomic E-state index is 0.237. The van der Waals surface area contributed by atoms with Gasteiger partial charge in [-0.25, -0.2) is 4.99 Å². The van der Waals surface area contributed by atoms with Crippen molar-refractivity contribution in [3.8, 4) is 22.3 Å². The summed E-state index contributed by atoms with van der Waals surface area (Å²) in [5, 5.41) is 8.43. The Morgan fingerprint density at radius 2 is 1.36 bits per heavy atom. The number of aromatic nitrogens is 1. The van der Waals surface area contributed by atoms with Gasteiger partial charge in [0.15, 0.2) is 5.84 Å². The summed E-state index contributed by atoms with van der Waals surface area (Å²) in [6.07, 6.45) is 1.95. The number of hydrogen-bond donors (Lipinski definition) is 2. The van der Waals surface area contributed by atoms with Crippen LogP contribution in [-0.2, 0) is 0 Å². The van der Waals surface area contributed by atoms with E-state index < -0.39 is 0 Å². The highest BCUT2D eigenvalue weighted by molar-refractivity contribution is 6.32. The molecule has 0 aliphatic heterocycles. The first-order chi connectivity index (χ1) is 13.7. The number of benzene rings is 3. The van der Waals surface area contributed by atoms with E-state index in [1.165, 1.54) is 5.46 Å². The summed E-state index contributed by atoms with van der Waals surface area (Å²) in [4.78, 5) is 7.90. The van der Waals surface area contributed by atoms with Gasteiger partial charge in [-0.15, -0.1) is 0 Å². The predicted octanol–water partition coefficient (Wildman–Crippen LogP) is 3.53. The molecule has 4 aromatic rings. The maximum absolute atomic E-state index is 8.43. The standard InChI is InChI=1S/C24H20BN3/c25-21-13-11-19(12-14-21)23(26)28-24-22(18-9-5-2-6-10-18)15-20(16-27-24)17-7-3-1-4-8-17/h1-16H,25H2,(H2,26,27,28). The first-order valence-electron chi connectivity index (χ1n) is 9.24. The summed E-state index contributed by atoms with van der Waals surface area (Å²) >= 11 is 0. The molecule has 1 heterocycles. The Morgan fingerprint density at radius 1 is 0.750 bits per heavy atom. The molecular formula is C24H20BN3. The zero-order valence-electron chi connectivity index (χ0n) is 15.7. The van der Waals surface area contributed by atoms with Crippen LogP contribution in [0.4, 0.5) is 0 Å².